The third kappa shape index (κ3) is 5.81. The van der Waals surface area contributed by atoms with Crippen molar-refractivity contribution in [1.29, 1.82) is 0 Å². The molecule has 2 aromatic rings. The number of phenols is 1. The molecule has 182 valence electrons. The van der Waals surface area contributed by atoms with Crippen LogP contribution < -0.4 is 9.47 Å². The van der Waals surface area contributed by atoms with E-state index < -0.39 is 5.97 Å². The smallest absolute Gasteiger partial charge is 0.343 e. The third-order valence-corrected chi connectivity index (χ3v) is 7.22. The molecular formula is C29H36O5. The molecule has 0 aromatic heterocycles. The number of ether oxygens (including phenoxy) is 2. The minimum atomic E-state index is -0.454. The average Bonchev–Trinajstić information content (AvgIpc) is 3.45. The summed E-state index contributed by atoms with van der Waals surface area (Å²) in [5.74, 6) is 1.37. The Balaban J connectivity index is 1.36. The van der Waals surface area contributed by atoms with Crippen LogP contribution in [0, 0.1) is 0 Å². The van der Waals surface area contributed by atoms with Crippen LogP contribution in [0.4, 0.5) is 0 Å². The van der Waals surface area contributed by atoms with Crippen molar-refractivity contribution in [3.05, 3.63) is 53.1 Å². The van der Waals surface area contributed by atoms with Gasteiger partial charge < -0.3 is 14.6 Å². The van der Waals surface area contributed by atoms with E-state index in [-0.39, 0.29) is 11.7 Å². The lowest BCUT2D eigenvalue weighted by molar-refractivity contribution is -0.134. The molecule has 1 N–H and O–H groups in total. The molecule has 0 spiro atoms. The molecule has 5 heteroatoms. The monoisotopic (exact) mass is 464 g/mol. The zero-order chi connectivity index (χ0) is 23.9. The summed E-state index contributed by atoms with van der Waals surface area (Å²) < 4.78 is 11.6. The summed E-state index contributed by atoms with van der Waals surface area (Å²) in [4.78, 5) is 25.2. The molecule has 2 aliphatic carbocycles. The molecule has 2 atom stereocenters. The molecule has 2 aromatic carbocycles. The van der Waals surface area contributed by atoms with Crippen LogP contribution in [0.5, 0.6) is 17.2 Å². The van der Waals surface area contributed by atoms with Crippen LogP contribution in [0.2, 0.25) is 0 Å². The van der Waals surface area contributed by atoms with Gasteiger partial charge in [0, 0.05) is 17.5 Å². The average molecular weight is 465 g/mol. The molecule has 2 aliphatic rings. The molecule has 0 saturated heterocycles. The number of rotatable bonds is 12. The molecule has 0 radical (unpaired) electrons. The van der Waals surface area contributed by atoms with Crippen LogP contribution in [0.25, 0.3) is 0 Å². The standard InChI is InChI=1S/C29H36O5/c1-2-3-4-5-6-7-8-9-10-26(31)33-24-17-18-25(28-22-12-11-21(19-22)27(24)28)34-29(32)20-13-15-23(30)16-14-20/h13-18,21-22,30H,2-12,19H2,1H3. The Labute approximate surface area is 202 Å². The van der Waals surface area contributed by atoms with Gasteiger partial charge in [0.2, 0.25) is 0 Å². The zero-order valence-corrected chi connectivity index (χ0v) is 20.2. The molecule has 1 fully saturated rings. The van der Waals surface area contributed by atoms with E-state index in [1.807, 2.05) is 0 Å². The van der Waals surface area contributed by atoms with Crippen molar-refractivity contribution in [3.63, 3.8) is 0 Å². The largest absolute Gasteiger partial charge is 0.508 e. The maximum Gasteiger partial charge on any atom is 0.343 e. The predicted molar refractivity (Wildman–Crippen MR) is 132 cm³/mol. The molecule has 2 unspecified atom stereocenters. The summed E-state index contributed by atoms with van der Waals surface area (Å²) in [7, 11) is 0. The summed E-state index contributed by atoms with van der Waals surface area (Å²) in [6.07, 6.45) is 13.1. The Morgan fingerprint density at radius 3 is 1.97 bits per heavy atom. The lowest BCUT2D eigenvalue weighted by Crippen LogP contribution is -2.14. The first-order chi connectivity index (χ1) is 16.6. The second-order valence-corrected chi connectivity index (χ2v) is 9.73. The van der Waals surface area contributed by atoms with Gasteiger partial charge in [-0.1, -0.05) is 51.9 Å². The topological polar surface area (TPSA) is 72.8 Å². The normalized spacial score (nSPS) is 18.0. The van der Waals surface area contributed by atoms with Gasteiger partial charge in [-0.15, -0.1) is 0 Å². The number of fused-ring (bicyclic) bond motifs is 5. The number of esters is 2. The Morgan fingerprint density at radius 2 is 1.35 bits per heavy atom. The quantitative estimate of drug-likeness (QED) is 0.201. The van der Waals surface area contributed by atoms with E-state index in [0.29, 0.717) is 35.3 Å². The van der Waals surface area contributed by atoms with Gasteiger partial charge in [0.05, 0.1) is 5.56 Å². The number of phenolic OH excluding ortho intramolecular Hbond substituents is 1. The molecule has 5 nitrogen and oxygen atoms in total. The van der Waals surface area contributed by atoms with Gasteiger partial charge in [-0.3, -0.25) is 4.79 Å². The SMILES string of the molecule is CCCCCCCCCCC(=O)Oc1ccc(OC(=O)c2ccc(O)cc2)c2c1C1CCC2C1. The lowest BCUT2D eigenvalue weighted by atomic mass is 9.90. The van der Waals surface area contributed by atoms with Gasteiger partial charge in [-0.05, 0) is 73.9 Å². The summed E-state index contributed by atoms with van der Waals surface area (Å²) >= 11 is 0. The highest BCUT2D eigenvalue weighted by Gasteiger charge is 2.42. The summed E-state index contributed by atoms with van der Waals surface area (Å²) in [5.41, 5.74) is 2.47. The number of hydrogen-bond donors (Lipinski definition) is 1. The van der Waals surface area contributed by atoms with Gasteiger partial charge in [0.1, 0.15) is 17.2 Å². The van der Waals surface area contributed by atoms with Crippen LogP contribution in [0.3, 0.4) is 0 Å². The third-order valence-electron chi connectivity index (χ3n) is 7.22. The fourth-order valence-electron chi connectivity index (χ4n) is 5.46. The molecule has 2 bridgehead atoms. The first-order valence-corrected chi connectivity index (χ1v) is 13.0. The van der Waals surface area contributed by atoms with Gasteiger partial charge in [-0.25, -0.2) is 4.79 Å². The first kappa shape index (κ1) is 24.3. The van der Waals surface area contributed by atoms with Crippen molar-refractivity contribution < 1.29 is 24.2 Å². The summed E-state index contributed by atoms with van der Waals surface area (Å²) in [5, 5.41) is 9.46. The Hall–Kier alpha value is -2.82. The number of benzene rings is 2. The summed E-state index contributed by atoms with van der Waals surface area (Å²) in [6.45, 7) is 2.23. The van der Waals surface area contributed by atoms with Crippen LogP contribution in [-0.4, -0.2) is 17.0 Å². The highest BCUT2D eigenvalue weighted by Crippen LogP contribution is 2.58. The first-order valence-electron chi connectivity index (χ1n) is 13.0. The van der Waals surface area contributed by atoms with E-state index >= 15 is 0 Å². The fourth-order valence-corrected chi connectivity index (χ4v) is 5.46. The van der Waals surface area contributed by atoms with Crippen molar-refractivity contribution in [2.75, 3.05) is 0 Å². The highest BCUT2D eigenvalue weighted by atomic mass is 16.5. The zero-order valence-electron chi connectivity index (χ0n) is 20.2. The molecule has 1 saturated carbocycles. The predicted octanol–water partition coefficient (Wildman–Crippen LogP) is 7.41. The minimum Gasteiger partial charge on any atom is -0.508 e. The van der Waals surface area contributed by atoms with Crippen molar-refractivity contribution in [2.24, 2.45) is 0 Å². The number of carbonyl (C=O) groups is 2. The molecule has 0 aliphatic heterocycles. The van der Waals surface area contributed by atoms with Crippen LogP contribution in [0.15, 0.2) is 36.4 Å². The lowest BCUT2D eigenvalue weighted by Gasteiger charge is -2.21. The van der Waals surface area contributed by atoms with Gasteiger partial charge in [-0.2, -0.15) is 0 Å². The van der Waals surface area contributed by atoms with E-state index in [2.05, 4.69) is 6.92 Å². The molecule has 0 heterocycles. The maximum absolute atomic E-state index is 12.6. The van der Waals surface area contributed by atoms with Gasteiger partial charge in [0.15, 0.2) is 0 Å². The van der Waals surface area contributed by atoms with Crippen molar-refractivity contribution in [1.82, 2.24) is 0 Å². The highest BCUT2D eigenvalue weighted by molar-refractivity contribution is 5.91. The van der Waals surface area contributed by atoms with E-state index in [1.54, 1.807) is 24.3 Å². The van der Waals surface area contributed by atoms with Crippen molar-refractivity contribution in [2.45, 2.75) is 95.8 Å². The second kappa shape index (κ2) is 11.5. The van der Waals surface area contributed by atoms with Gasteiger partial charge in [0.25, 0.3) is 0 Å². The molecule has 4 rings (SSSR count). The number of carbonyl (C=O) groups excluding carboxylic acids is 2. The molecular weight excluding hydrogens is 428 g/mol. The Kier molecular flexibility index (Phi) is 8.25. The molecule has 0 amide bonds. The minimum absolute atomic E-state index is 0.105. The van der Waals surface area contributed by atoms with Crippen LogP contribution in [-0.2, 0) is 4.79 Å². The van der Waals surface area contributed by atoms with Crippen LogP contribution >= 0.6 is 0 Å². The second-order valence-electron chi connectivity index (χ2n) is 9.73. The number of unbranched alkanes of at least 4 members (excludes halogenated alkanes) is 7. The fraction of sp³-hybridized carbons (Fsp3) is 0.517. The molecule has 34 heavy (non-hydrogen) atoms. The summed E-state index contributed by atoms with van der Waals surface area (Å²) in [6, 6.07) is 9.58. The Morgan fingerprint density at radius 1 is 0.794 bits per heavy atom. The van der Waals surface area contributed by atoms with Crippen molar-refractivity contribution in [3.8, 4) is 17.2 Å². The Bertz CT molecular complexity index is 994. The van der Waals surface area contributed by atoms with E-state index in [1.165, 1.54) is 50.7 Å². The maximum atomic E-state index is 12.6. The van der Waals surface area contributed by atoms with Crippen LogP contribution in [0.1, 0.15) is 117 Å². The van der Waals surface area contributed by atoms with E-state index in [9.17, 15) is 14.7 Å². The van der Waals surface area contributed by atoms with Gasteiger partial charge >= 0.3 is 11.9 Å². The number of hydrogen-bond acceptors (Lipinski definition) is 5. The van der Waals surface area contributed by atoms with Crippen molar-refractivity contribution >= 4 is 11.9 Å². The number of aromatic hydroxyl groups is 1. The van der Waals surface area contributed by atoms with E-state index in [4.69, 9.17) is 9.47 Å². The van der Waals surface area contributed by atoms with E-state index in [0.717, 1.165) is 43.2 Å².